The van der Waals surface area contributed by atoms with E-state index < -0.39 is 0 Å². The number of rotatable bonds is 5. The number of carbonyl (C=O) groups is 1. The van der Waals surface area contributed by atoms with E-state index in [2.05, 4.69) is 12.2 Å². The third kappa shape index (κ3) is 4.54. The van der Waals surface area contributed by atoms with E-state index in [1.54, 1.807) is 0 Å². The molecule has 22 heavy (non-hydrogen) atoms. The molecule has 1 aromatic rings. The molecule has 1 N–H and O–H groups in total. The first-order chi connectivity index (χ1) is 10.6. The number of nitrogens with one attached hydrogen (secondary N) is 1. The smallest absolute Gasteiger partial charge is 0.317 e. The maximum atomic E-state index is 12.2. The molecule has 1 atom stereocenters. The molecule has 1 aromatic carbocycles. The van der Waals surface area contributed by atoms with E-state index >= 15 is 0 Å². The summed E-state index contributed by atoms with van der Waals surface area (Å²) >= 11 is 5.92. The van der Waals surface area contributed by atoms with Gasteiger partial charge in [-0.3, -0.25) is 0 Å². The Morgan fingerprint density at radius 3 is 3.00 bits per heavy atom. The Hall–Kier alpha value is -1.42. The number of benzene rings is 1. The van der Waals surface area contributed by atoms with Gasteiger partial charge in [0.15, 0.2) is 0 Å². The number of carbonyl (C=O) groups excluding carboxylic acids is 1. The monoisotopic (exact) mass is 324 g/mol. The molecule has 0 aliphatic carbocycles. The Morgan fingerprint density at radius 1 is 1.45 bits per heavy atom. The number of aryl methyl sites for hydroxylation is 1. The fourth-order valence-corrected chi connectivity index (χ4v) is 3.11. The summed E-state index contributed by atoms with van der Waals surface area (Å²) in [6.45, 7) is 5.93. The van der Waals surface area contributed by atoms with Gasteiger partial charge in [-0.1, -0.05) is 18.5 Å². The van der Waals surface area contributed by atoms with Crippen molar-refractivity contribution in [3.63, 3.8) is 0 Å². The third-order valence-electron chi connectivity index (χ3n) is 4.13. The van der Waals surface area contributed by atoms with Gasteiger partial charge in [-0.25, -0.2) is 4.79 Å². The van der Waals surface area contributed by atoms with Crippen LogP contribution in [-0.2, 0) is 0 Å². The zero-order valence-electron chi connectivity index (χ0n) is 13.4. The van der Waals surface area contributed by atoms with Crippen LogP contribution in [-0.4, -0.2) is 36.7 Å². The third-order valence-corrected chi connectivity index (χ3v) is 4.37. The van der Waals surface area contributed by atoms with Gasteiger partial charge in [0.1, 0.15) is 12.4 Å². The largest absolute Gasteiger partial charge is 0.491 e. The molecule has 2 amide bonds. The molecule has 122 valence electrons. The Bertz CT molecular complexity index is 507. The van der Waals surface area contributed by atoms with Crippen molar-refractivity contribution in [2.24, 2.45) is 0 Å². The Balaban J connectivity index is 1.74. The fraction of sp³-hybridized carbons (Fsp3) is 0.588. The summed E-state index contributed by atoms with van der Waals surface area (Å²) in [5.41, 5.74) is 1.00. The Kier molecular flexibility index (Phi) is 6.37. The van der Waals surface area contributed by atoms with Gasteiger partial charge in [0.05, 0.1) is 6.54 Å². The molecule has 4 nitrogen and oxygen atoms in total. The number of amides is 2. The van der Waals surface area contributed by atoms with Crippen LogP contribution in [0.3, 0.4) is 0 Å². The van der Waals surface area contributed by atoms with Gasteiger partial charge < -0.3 is 15.0 Å². The highest BCUT2D eigenvalue weighted by molar-refractivity contribution is 6.30. The van der Waals surface area contributed by atoms with Gasteiger partial charge in [-0.05, 0) is 56.4 Å². The van der Waals surface area contributed by atoms with Crippen LogP contribution in [0, 0.1) is 6.92 Å². The first-order valence-electron chi connectivity index (χ1n) is 8.05. The number of halogens is 1. The molecule has 2 rings (SSSR count). The van der Waals surface area contributed by atoms with E-state index in [-0.39, 0.29) is 6.03 Å². The Labute approximate surface area is 137 Å². The molecule has 0 saturated carbocycles. The minimum absolute atomic E-state index is 0.0305. The quantitative estimate of drug-likeness (QED) is 0.832. The van der Waals surface area contributed by atoms with Crippen LogP contribution in [0.1, 0.15) is 38.2 Å². The molecule has 1 unspecified atom stereocenters. The van der Waals surface area contributed by atoms with Crippen molar-refractivity contribution in [2.45, 2.75) is 45.6 Å². The molecule has 1 aliphatic heterocycles. The van der Waals surface area contributed by atoms with E-state index in [9.17, 15) is 4.79 Å². The molecule has 0 aromatic heterocycles. The maximum Gasteiger partial charge on any atom is 0.317 e. The second kappa shape index (κ2) is 8.28. The predicted molar refractivity (Wildman–Crippen MR) is 89.7 cm³/mol. The molecule has 0 spiro atoms. The highest BCUT2D eigenvalue weighted by Gasteiger charge is 2.24. The van der Waals surface area contributed by atoms with Crippen molar-refractivity contribution >= 4 is 17.6 Å². The predicted octanol–water partition coefficient (Wildman–Crippen LogP) is 4.00. The van der Waals surface area contributed by atoms with Crippen molar-refractivity contribution in [3.05, 3.63) is 28.8 Å². The lowest BCUT2D eigenvalue weighted by Gasteiger charge is -2.35. The lowest BCUT2D eigenvalue weighted by molar-refractivity contribution is 0.147. The fourth-order valence-electron chi connectivity index (χ4n) is 2.89. The van der Waals surface area contributed by atoms with Crippen LogP contribution in [0.4, 0.5) is 4.79 Å². The van der Waals surface area contributed by atoms with E-state index in [1.165, 1.54) is 6.42 Å². The number of hydrogen-bond acceptors (Lipinski definition) is 2. The van der Waals surface area contributed by atoms with Crippen LogP contribution < -0.4 is 10.1 Å². The van der Waals surface area contributed by atoms with Crippen molar-refractivity contribution in [1.29, 1.82) is 0 Å². The summed E-state index contributed by atoms with van der Waals surface area (Å²) in [6.07, 6.45) is 4.46. The lowest BCUT2D eigenvalue weighted by atomic mass is 10.0. The standard InChI is InChI=1S/C17H25ClN2O2/c1-3-15-6-4-5-10-20(15)17(21)19-9-11-22-16-8-7-14(18)12-13(16)2/h7-8,12,15H,3-6,9-11H2,1-2H3,(H,19,21). The van der Waals surface area contributed by atoms with Gasteiger partial charge >= 0.3 is 6.03 Å². The molecule has 1 heterocycles. The van der Waals surface area contributed by atoms with Crippen LogP contribution in [0.2, 0.25) is 5.02 Å². The number of piperidine rings is 1. The zero-order chi connectivity index (χ0) is 15.9. The lowest BCUT2D eigenvalue weighted by Crippen LogP contribution is -2.49. The number of ether oxygens (including phenoxy) is 1. The highest BCUT2D eigenvalue weighted by atomic mass is 35.5. The van der Waals surface area contributed by atoms with Crippen molar-refractivity contribution in [1.82, 2.24) is 10.2 Å². The summed E-state index contributed by atoms with van der Waals surface area (Å²) in [7, 11) is 0. The maximum absolute atomic E-state index is 12.2. The molecule has 0 radical (unpaired) electrons. The van der Waals surface area contributed by atoms with E-state index in [0.29, 0.717) is 24.2 Å². The van der Waals surface area contributed by atoms with E-state index in [4.69, 9.17) is 16.3 Å². The van der Waals surface area contributed by atoms with E-state index in [0.717, 1.165) is 37.1 Å². The summed E-state index contributed by atoms with van der Waals surface area (Å²) in [4.78, 5) is 14.2. The normalized spacial score (nSPS) is 18.1. The topological polar surface area (TPSA) is 41.6 Å². The average molecular weight is 325 g/mol. The SMILES string of the molecule is CCC1CCCCN1C(=O)NCCOc1ccc(Cl)cc1C. The minimum atomic E-state index is 0.0305. The zero-order valence-corrected chi connectivity index (χ0v) is 14.2. The first-order valence-corrected chi connectivity index (χ1v) is 8.43. The van der Waals surface area contributed by atoms with Gasteiger partial charge in [-0.2, -0.15) is 0 Å². The number of likely N-dealkylation sites (tertiary alicyclic amines) is 1. The average Bonchev–Trinajstić information content (AvgIpc) is 2.53. The molecule has 5 heteroatoms. The summed E-state index contributed by atoms with van der Waals surface area (Å²) in [6, 6.07) is 5.95. The van der Waals surface area contributed by atoms with Crippen molar-refractivity contribution < 1.29 is 9.53 Å². The van der Waals surface area contributed by atoms with Crippen LogP contribution in [0.5, 0.6) is 5.75 Å². The summed E-state index contributed by atoms with van der Waals surface area (Å²) < 4.78 is 5.69. The second-order valence-corrected chi connectivity index (χ2v) is 6.18. The molecule has 0 bridgehead atoms. The second-order valence-electron chi connectivity index (χ2n) is 5.74. The summed E-state index contributed by atoms with van der Waals surface area (Å²) in [5, 5.41) is 3.66. The van der Waals surface area contributed by atoms with Gasteiger partial charge in [0.2, 0.25) is 0 Å². The molecule has 1 aliphatic rings. The minimum Gasteiger partial charge on any atom is -0.491 e. The molecule has 1 fully saturated rings. The van der Waals surface area contributed by atoms with Crippen LogP contribution >= 0.6 is 11.6 Å². The van der Waals surface area contributed by atoms with Crippen molar-refractivity contribution in [3.8, 4) is 5.75 Å². The molecular weight excluding hydrogens is 300 g/mol. The molecular formula is C17H25ClN2O2. The Morgan fingerprint density at radius 2 is 2.27 bits per heavy atom. The molecule has 1 saturated heterocycles. The van der Waals surface area contributed by atoms with Crippen LogP contribution in [0.15, 0.2) is 18.2 Å². The first kappa shape index (κ1) is 16.9. The highest BCUT2D eigenvalue weighted by Crippen LogP contribution is 2.22. The number of urea groups is 1. The van der Waals surface area contributed by atoms with E-state index in [1.807, 2.05) is 30.0 Å². The number of nitrogens with zero attached hydrogens (tertiary/aromatic N) is 1. The van der Waals surface area contributed by atoms with Crippen molar-refractivity contribution in [2.75, 3.05) is 19.7 Å². The van der Waals surface area contributed by atoms with Gasteiger partial charge in [-0.15, -0.1) is 0 Å². The van der Waals surface area contributed by atoms with Gasteiger partial charge in [0, 0.05) is 17.6 Å². The summed E-state index contributed by atoms with van der Waals surface area (Å²) in [5.74, 6) is 0.808. The number of hydrogen-bond donors (Lipinski definition) is 1. The van der Waals surface area contributed by atoms with Gasteiger partial charge in [0.25, 0.3) is 0 Å². The van der Waals surface area contributed by atoms with Crippen LogP contribution in [0.25, 0.3) is 0 Å².